The van der Waals surface area contributed by atoms with E-state index in [1.165, 1.54) is 24.3 Å². The molecule has 2 heterocycles. The summed E-state index contributed by atoms with van der Waals surface area (Å²) < 4.78 is 18.7. The third-order valence-corrected chi connectivity index (χ3v) is 7.06. The van der Waals surface area contributed by atoms with Crippen LogP contribution in [0.2, 0.25) is 0 Å². The third kappa shape index (κ3) is 5.72. The quantitative estimate of drug-likeness (QED) is 0.590. The molecule has 2 aliphatic heterocycles. The second-order valence-corrected chi connectivity index (χ2v) is 9.54. The molecule has 0 aliphatic carbocycles. The normalized spacial score (nSPS) is 22.5. The summed E-state index contributed by atoms with van der Waals surface area (Å²) in [5.41, 5.74) is 2.54. The summed E-state index contributed by atoms with van der Waals surface area (Å²) in [5, 5.41) is 0. The molecule has 2 aliphatic rings. The fourth-order valence-electron chi connectivity index (χ4n) is 5.27. The van der Waals surface area contributed by atoms with Gasteiger partial charge in [-0.15, -0.1) is 0 Å². The van der Waals surface area contributed by atoms with Crippen molar-refractivity contribution >= 4 is 17.8 Å². The van der Waals surface area contributed by atoms with E-state index in [-0.39, 0.29) is 42.2 Å². The number of carbonyl (C=O) groups excluding carboxylic acids is 3. The van der Waals surface area contributed by atoms with Crippen LogP contribution >= 0.6 is 0 Å². The highest BCUT2D eigenvalue weighted by molar-refractivity contribution is 5.95. The van der Waals surface area contributed by atoms with Crippen LogP contribution in [0.25, 0.3) is 0 Å². The van der Waals surface area contributed by atoms with Crippen molar-refractivity contribution in [3.8, 4) is 0 Å². The molecule has 2 fully saturated rings. The van der Waals surface area contributed by atoms with Gasteiger partial charge in [-0.1, -0.05) is 29.8 Å². The van der Waals surface area contributed by atoms with Crippen LogP contribution in [-0.2, 0) is 14.3 Å². The zero-order valence-electron chi connectivity index (χ0n) is 20.4. The number of nitrogens with zero attached hydrogens (tertiary/aromatic N) is 2. The molecular weight excluding hydrogens is 447 g/mol. The zero-order chi connectivity index (χ0) is 24.9. The van der Waals surface area contributed by atoms with Crippen molar-refractivity contribution in [3.63, 3.8) is 0 Å². The van der Waals surface area contributed by atoms with E-state index in [2.05, 4.69) is 6.07 Å². The lowest BCUT2D eigenvalue weighted by molar-refractivity contribution is -0.152. The van der Waals surface area contributed by atoms with Gasteiger partial charge in [0.15, 0.2) is 0 Å². The molecule has 2 aromatic rings. The number of hydrogen-bond acceptors (Lipinski definition) is 4. The molecule has 0 spiro atoms. The Balaban J connectivity index is 1.55. The maximum Gasteiger partial charge on any atom is 0.310 e. The molecule has 2 amide bonds. The molecule has 2 aromatic carbocycles. The van der Waals surface area contributed by atoms with Gasteiger partial charge in [0.2, 0.25) is 5.91 Å². The number of ether oxygens (including phenoxy) is 1. The molecule has 0 N–H and O–H groups in total. The third-order valence-electron chi connectivity index (χ3n) is 7.06. The molecule has 4 rings (SSSR count). The van der Waals surface area contributed by atoms with Crippen molar-refractivity contribution in [3.05, 3.63) is 71.0 Å². The largest absolute Gasteiger partial charge is 0.466 e. The van der Waals surface area contributed by atoms with Gasteiger partial charge >= 0.3 is 5.97 Å². The maximum absolute atomic E-state index is 13.6. The minimum atomic E-state index is -0.398. The Kier molecular flexibility index (Phi) is 7.83. The first-order valence-electron chi connectivity index (χ1n) is 12.5. The summed E-state index contributed by atoms with van der Waals surface area (Å²) in [6.45, 7) is 5.38. The average Bonchev–Trinajstić information content (AvgIpc) is 2.88. The molecule has 35 heavy (non-hydrogen) atoms. The van der Waals surface area contributed by atoms with E-state index in [0.717, 1.165) is 24.0 Å². The summed E-state index contributed by atoms with van der Waals surface area (Å²) in [6, 6.07) is 13.5. The van der Waals surface area contributed by atoms with Crippen LogP contribution in [0.3, 0.4) is 0 Å². The predicted octanol–water partition coefficient (Wildman–Crippen LogP) is 4.53. The highest BCUT2D eigenvalue weighted by atomic mass is 19.1. The number of carbonyl (C=O) groups is 3. The number of rotatable bonds is 5. The van der Waals surface area contributed by atoms with Gasteiger partial charge in [-0.2, -0.15) is 0 Å². The molecule has 0 radical (unpaired) electrons. The Bertz CT molecular complexity index is 1070. The molecule has 0 bridgehead atoms. The van der Waals surface area contributed by atoms with Crippen LogP contribution < -0.4 is 0 Å². The van der Waals surface area contributed by atoms with E-state index >= 15 is 0 Å². The molecular formula is C28H33FN2O4. The van der Waals surface area contributed by atoms with Crippen molar-refractivity contribution < 1.29 is 23.5 Å². The topological polar surface area (TPSA) is 66.9 Å². The molecule has 0 aromatic heterocycles. The van der Waals surface area contributed by atoms with E-state index in [1.54, 1.807) is 16.7 Å². The number of likely N-dealkylation sites (tertiary alicyclic amines) is 2. The van der Waals surface area contributed by atoms with Crippen molar-refractivity contribution in [1.82, 2.24) is 9.80 Å². The molecule has 6 nitrogen and oxygen atoms in total. The zero-order valence-corrected chi connectivity index (χ0v) is 20.4. The summed E-state index contributed by atoms with van der Waals surface area (Å²) in [7, 11) is 0. The van der Waals surface area contributed by atoms with E-state index in [1.807, 2.05) is 25.1 Å². The number of halogens is 1. The van der Waals surface area contributed by atoms with Crippen LogP contribution in [0, 0.1) is 24.6 Å². The molecule has 186 valence electrons. The van der Waals surface area contributed by atoms with Gasteiger partial charge < -0.3 is 14.5 Å². The van der Waals surface area contributed by atoms with Crippen molar-refractivity contribution in [2.24, 2.45) is 11.8 Å². The van der Waals surface area contributed by atoms with Gasteiger partial charge in [-0.25, -0.2) is 4.39 Å². The Morgan fingerprint density at radius 3 is 2.49 bits per heavy atom. The Labute approximate surface area is 206 Å². The summed E-state index contributed by atoms with van der Waals surface area (Å²) in [5.74, 6) is -1.52. The second kappa shape index (κ2) is 11.0. The number of esters is 1. The number of piperidine rings is 2. The first-order valence-corrected chi connectivity index (χ1v) is 12.5. The first-order chi connectivity index (χ1) is 16.9. The van der Waals surface area contributed by atoms with Gasteiger partial charge in [-0.05, 0) is 69.4 Å². The van der Waals surface area contributed by atoms with Crippen molar-refractivity contribution in [1.29, 1.82) is 0 Å². The van der Waals surface area contributed by atoms with Gasteiger partial charge in [0.25, 0.3) is 5.91 Å². The van der Waals surface area contributed by atoms with Gasteiger partial charge in [0.05, 0.1) is 24.5 Å². The highest BCUT2D eigenvalue weighted by Gasteiger charge is 2.39. The molecule has 0 unspecified atom stereocenters. The van der Waals surface area contributed by atoms with E-state index in [0.29, 0.717) is 38.1 Å². The Morgan fingerprint density at radius 1 is 1.00 bits per heavy atom. The standard InChI is InChI=1S/C28H33FN2O4/c1-3-35-28(34)23-8-5-15-30(17-23)26(32)22-11-14-25(21-7-4-6-19(2)16-21)31(18-22)27(33)20-9-12-24(29)13-10-20/h4,6-7,9-10,12-13,16,22-23,25H,3,5,8,11,14-15,17-18H2,1-2H3/t22-,23-,25+/m1/s1. The maximum atomic E-state index is 13.6. The van der Waals surface area contributed by atoms with Gasteiger partial charge in [-0.3, -0.25) is 14.4 Å². The van der Waals surface area contributed by atoms with Crippen LogP contribution in [0.4, 0.5) is 4.39 Å². The van der Waals surface area contributed by atoms with E-state index in [9.17, 15) is 18.8 Å². The van der Waals surface area contributed by atoms with Crippen LogP contribution in [0.1, 0.15) is 60.1 Å². The Hall–Kier alpha value is -3.22. The van der Waals surface area contributed by atoms with E-state index in [4.69, 9.17) is 4.74 Å². The Morgan fingerprint density at radius 2 is 1.77 bits per heavy atom. The summed E-state index contributed by atoms with van der Waals surface area (Å²) >= 11 is 0. The highest BCUT2D eigenvalue weighted by Crippen LogP contribution is 2.36. The monoisotopic (exact) mass is 480 g/mol. The second-order valence-electron chi connectivity index (χ2n) is 9.54. The average molecular weight is 481 g/mol. The van der Waals surface area contributed by atoms with Crippen LogP contribution in [0.15, 0.2) is 48.5 Å². The molecule has 7 heteroatoms. The van der Waals surface area contributed by atoms with E-state index < -0.39 is 5.82 Å². The lowest BCUT2D eigenvalue weighted by Crippen LogP contribution is -2.50. The lowest BCUT2D eigenvalue weighted by atomic mass is 9.86. The number of benzene rings is 2. The summed E-state index contributed by atoms with van der Waals surface area (Å²) in [6.07, 6.45) is 2.79. The van der Waals surface area contributed by atoms with Crippen LogP contribution in [0.5, 0.6) is 0 Å². The minimum Gasteiger partial charge on any atom is -0.466 e. The smallest absolute Gasteiger partial charge is 0.310 e. The van der Waals surface area contributed by atoms with Crippen molar-refractivity contribution in [2.75, 3.05) is 26.2 Å². The lowest BCUT2D eigenvalue weighted by Gasteiger charge is -2.42. The molecule has 3 atom stereocenters. The number of hydrogen-bond donors (Lipinski definition) is 0. The number of aryl methyl sites for hydroxylation is 1. The SMILES string of the molecule is CCOC(=O)[C@@H]1CCCN(C(=O)[C@@H]2CC[C@@H](c3cccc(C)c3)N(C(=O)c3ccc(F)cc3)C2)C1. The van der Waals surface area contributed by atoms with Gasteiger partial charge in [0.1, 0.15) is 5.82 Å². The fourth-order valence-corrected chi connectivity index (χ4v) is 5.27. The first kappa shape index (κ1) is 24.9. The van der Waals surface area contributed by atoms with Gasteiger partial charge in [0, 0.05) is 25.2 Å². The number of amides is 2. The predicted molar refractivity (Wildman–Crippen MR) is 130 cm³/mol. The molecule has 0 saturated carbocycles. The molecule has 2 saturated heterocycles. The van der Waals surface area contributed by atoms with Crippen LogP contribution in [-0.4, -0.2) is 53.8 Å². The summed E-state index contributed by atoms with van der Waals surface area (Å²) in [4.78, 5) is 42.9. The fraction of sp³-hybridized carbons (Fsp3) is 0.464. The minimum absolute atomic E-state index is 0.0152. The van der Waals surface area contributed by atoms with Crippen molar-refractivity contribution in [2.45, 2.75) is 45.6 Å².